The molecule has 1 unspecified atom stereocenters. The summed E-state index contributed by atoms with van der Waals surface area (Å²) in [6.07, 6.45) is 0.369. The van der Waals surface area contributed by atoms with Crippen LogP contribution in [0, 0.1) is 12.7 Å². The normalized spacial score (nSPS) is 15.2. The highest BCUT2D eigenvalue weighted by molar-refractivity contribution is 7.89. The molecule has 4 N–H and O–H groups in total. The molecule has 0 amide bonds. The fourth-order valence-electron chi connectivity index (χ4n) is 1.41. The topological polar surface area (TPSA) is 92.4 Å². The largest absolute Gasteiger partial charge is 0.399 e. The maximum Gasteiger partial charge on any atom is 0.243 e. The summed E-state index contributed by atoms with van der Waals surface area (Å²) >= 11 is 0. The molecule has 0 heterocycles. The summed E-state index contributed by atoms with van der Waals surface area (Å²) in [6.45, 7) is 4.46. The number of halogens is 1. The molecule has 7 heteroatoms. The first-order chi connectivity index (χ1) is 8.59. The van der Waals surface area contributed by atoms with Crippen LogP contribution in [-0.4, -0.2) is 25.7 Å². The van der Waals surface area contributed by atoms with Gasteiger partial charge in [0.15, 0.2) is 0 Å². The Balaban J connectivity index is 3.08. The van der Waals surface area contributed by atoms with Crippen molar-refractivity contribution in [3.05, 3.63) is 23.5 Å². The van der Waals surface area contributed by atoms with E-state index in [9.17, 15) is 17.9 Å². The lowest BCUT2D eigenvalue weighted by Crippen LogP contribution is -2.40. The molecule has 0 aliphatic rings. The molecule has 0 aliphatic carbocycles. The van der Waals surface area contributed by atoms with Gasteiger partial charge in [-0.05, 0) is 38.0 Å². The van der Waals surface area contributed by atoms with Crippen LogP contribution < -0.4 is 10.5 Å². The van der Waals surface area contributed by atoms with Crippen LogP contribution in [0.3, 0.4) is 0 Å². The van der Waals surface area contributed by atoms with E-state index in [0.717, 1.165) is 6.07 Å². The Morgan fingerprint density at radius 2 is 2.05 bits per heavy atom. The number of nitrogens with two attached hydrogens (primary N) is 1. The number of hydrogen-bond donors (Lipinski definition) is 3. The lowest BCUT2D eigenvalue weighted by atomic mass is 10.1. The minimum atomic E-state index is -4.04. The Bertz CT molecular complexity index is 571. The molecule has 108 valence electrons. The summed E-state index contributed by atoms with van der Waals surface area (Å²) in [7, 11) is -4.04. The third-order valence-electron chi connectivity index (χ3n) is 2.94. The van der Waals surface area contributed by atoms with Crippen LogP contribution in [0.2, 0.25) is 0 Å². The SMILES string of the molecule is CCC(C)(O)CNS(=O)(=O)c1cc(N)cc(C)c1F. The highest BCUT2D eigenvalue weighted by atomic mass is 32.2. The van der Waals surface area contributed by atoms with Crippen LogP contribution in [0.1, 0.15) is 25.8 Å². The molecule has 0 saturated heterocycles. The van der Waals surface area contributed by atoms with Crippen LogP contribution in [0.15, 0.2) is 17.0 Å². The van der Waals surface area contributed by atoms with Gasteiger partial charge in [0.25, 0.3) is 0 Å². The molecule has 1 atom stereocenters. The van der Waals surface area contributed by atoms with Crippen LogP contribution in [-0.2, 0) is 10.0 Å². The van der Waals surface area contributed by atoms with Crippen LogP contribution >= 0.6 is 0 Å². The minimum Gasteiger partial charge on any atom is -0.399 e. The predicted octanol–water partition coefficient (Wildman–Crippen LogP) is 1.16. The quantitative estimate of drug-likeness (QED) is 0.709. The van der Waals surface area contributed by atoms with Gasteiger partial charge in [-0.3, -0.25) is 0 Å². The minimum absolute atomic E-state index is 0.155. The lowest BCUT2D eigenvalue weighted by Gasteiger charge is -2.21. The van der Waals surface area contributed by atoms with Gasteiger partial charge in [-0.15, -0.1) is 0 Å². The van der Waals surface area contributed by atoms with E-state index in [2.05, 4.69) is 4.72 Å². The van der Waals surface area contributed by atoms with Crippen molar-refractivity contribution in [2.45, 2.75) is 37.7 Å². The number of hydrogen-bond acceptors (Lipinski definition) is 4. The second kappa shape index (κ2) is 5.44. The average Bonchev–Trinajstić information content (AvgIpc) is 2.31. The molecule has 0 spiro atoms. The molecular weight excluding hydrogens is 271 g/mol. The Morgan fingerprint density at radius 1 is 1.47 bits per heavy atom. The van der Waals surface area contributed by atoms with E-state index in [1.54, 1.807) is 6.92 Å². The van der Waals surface area contributed by atoms with Gasteiger partial charge in [0.05, 0.1) is 5.60 Å². The van der Waals surface area contributed by atoms with Crippen molar-refractivity contribution in [3.63, 3.8) is 0 Å². The van der Waals surface area contributed by atoms with Gasteiger partial charge < -0.3 is 10.8 Å². The molecule has 19 heavy (non-hydrogen) atoms. The first-order valence-corrected chi connectivity index (χ1v) is 7.35. The van der Waals surface area contributed by atoms with Crippen molar-refractivity contribution >= 4 is 15.7 Å². The Labute approximate surface area is 112 Å². The van der Waals surface area contributed by atoms with E-state index in [4.69, 9.17) is 5.73 Å². The summed E-state index contributed by atoms with van der Waals surface area (Å²) in [5.74, 6) is -0.835. The van der Waals surface area contributed by atoms with E-state index in [-0.39, 0.29) is 17.8 Å². The van der Waals surface area contributed by atoms with Gasteiger partial charge in [0.2, 0.25) is 10.0 Å². The Morgan fingerprint density at radius 3 is 2.58 bits per heavy atom. The Hall–Kier alpha value is -1.18. The first kappa shape index (κ1) is 15.9. The van der Waals surface area contributed by atoms with Crippen molar-refractivity contribution in [2.75, 3.05) is 12.3 Å². The molecule has 0 radical (unpaired) electrons. The van der Waals surface area contributed by atoms with Crippen molar-refractivity contribution in [2.24, 2.45) is 0 Å². The summed E-state index contributed by atoms with van der Waals surface area (Å²) in [4.78, 5) is -0.503. The highest BCUT2D eigenvalue weighted by Crippen LogP contribution is 2.21. The van der Waals surface area contributed by atoms with Gasteiger partial charge in [-0.1, -0.05) is 6.92 Å². The second-order valence-electron chi connectivity index (χ2n) is 4.82. The molecule has 1 aromatic carbocycles. The zero-order valence-corrected chi connectivity index (χ0v) is 12.0. The Kier molecular flexibility index (Phi) is 4.54. The molecule has 5 nitrogen and oxygen atoms in total. The first-order valence-electron chi connectivity index (χ1n) is 5.87. The molecule has 0 fully saturated rings. The lowest BCUT2D eigenvalue weighted by molar-refractivity contribution is 0.0613. The number of aliphatic hydroxyl groups is 1. The molecular formula is C12H19FN2O3S. The van der Waals surface area contributed by atoms with Crippen molar-refractivity contribution in [1.82, 2.24) is 4.72 Å². The van der Waals surface area contributed by atoms with Crippen molar-refractivity contribution < 1.29 is 17.9 Å². The van der Waals surface area contributed by atoms with Gasteiger partial charge in [0.1, 0.15) is 10.7 Å². The van der Waals surface area contributed by atoms with Gasteiger partial charge >= 0.3 is 0 Å². The van der Waals surface area contributed by atoms with Crippen molar-refractivity contribution in [3.8, 4) is 0 Å². The summed E-state index contributed by atoms with van der Waals surface area (Å²) in [5.41, 5.74) is 4.67. The summed E-state index contributed by atoms with van der Waals surface area (Å²) < 4.78 is 40.0. The fourth-order valence-corrected chi connectivity index (χ4v) is 2.76. The number of rotatable bonds is 5. The van der Waals surface area contributed by atoms with Crippen LogP contribution in [0.5, 0.6) is 0 Å². The molecule has 1 aromatic rings. The van der Waals surface area contributed by atoms with E-state index >= 15 is 0 Å². The standard InChI is InChI=1S/C12H19FN2O3S/c1-4-12(3,16)7-15-19(17,18)10-6-9(14)5-8(2)11(10)13/h5-6,15-16H,4,7,14H2,1-3H3. The average molecular weight is 290 g/mol. The maximum atomic E-state index is 13.8. The van der Waals surface area contributed by atoms with Gasteiger partial charge in [-0.25, -0.2) is 17.5 Å². The van der Waals surface area contributed by atoms with Crippen LogP contribution in [0.25, 0.3) is 0 Å². The third-order valence-corrected chi connectivity index (χ3v) is 4.34. The number of sulfonamides is 1. The smallest absolute Gasteiger partial charge is 0.243 e. The van der Waals surface area contributed by atoms with Gasteiger partial charge in [-0.2, -0.15) is 0 Å². The third kappa shape index (κ3) is 3.89. The predicted molar refractivity (Wildman–Crippen MR) is 71.7 cm³/mol. The fraction of sp³-hybridized carbons (Fsp3) is 0.500. The van der Waals surface area contributed by atoms with E-state index in [1.165, 1.54) is 19.9 Å². The number of nitrogens with one attached hydrogen (secondary N) is 1. The number of benzene rings is 1. The summed E-state index contributed by atoms with van der Waals surface area (Å²) in [5, 5.41) is 9.77. The molecule has 0 aliphatic heterocycles. The van der Waals surface area contributed by atoms with Gasteiger partial charge in [0, 0.05) is 12.2 Å². The molecule has 0 bridgehead atoms. The number of nitrogen functional groups attached to an aromatic ring is 1. The highest BCUT2D eigenvalue weighted by Gasteiger charge is 2.25. The van der Waals surface area contributed by atoms with Crippen molar-refractivity contribution in [1.29, 1.82) is 0 Å². The number of aryl methyl sites for hydroxylation is 1. The summed E-state index contributed by atoms with van der Waals surface area (Å²) in [6, 6.07) is 2.42. The van der Waals surface area contributed by atoms with E-state index in [1.807, 2.05) is 0 Å². The maximum absolute atomic E-state index is 13.8. The zero-order chi connectivity index (χ0) is 14.8. The zero-order valence-electron chi connectivity index (χ0n) is 11.2. The molecule has 0 saturated carbocycles. The van der Waals surface area contributed by atoms with Crippen LogP contribution in [0.4, 0.5) is 10.1 Å². The molecule has 0 aromatic heterocycles. The number of anilines is 1. The van der Waals surface area contributed by atoms with E-state index in [0.29, 0.717) is 6.42 Å². The monoisotopic (exact) mass is 290 g/mol. The van der Waals surface area contributed by atoms with E-state index < -0.39 is 26.3 Å². The second-order valence-corrected chi connectivity index (χ2v) is 6.56. The molecule has 1 rings (SSSR count).